The van der Waals surface area contributed by atoms with Crippen LogP contribution in [-0.4, -0.2) is 26.2 Å². The second-order valence-electron chi connectivity index (χ2n) is 6.01. The molecule has 4 unspecified atom stereocenters. The van der Waals surface area contributed by atoms with Gasteiger partial charge in [0, 0.05) is 12.1 Å². The summed E-state index contributed by atoms with van der Waals surface area (Å²) in [7, 11) is 8.01. The highest BCUT2D eigenvalue weighted by Crippen LogP contribution is 2.48. The number of rotatable bonds is 9. The summed E-state index contributed by atoms with van der Waals surface area (Å²) in [6.45, 7) is 4.51. The zero-order chi connectivity index (χ0) is 17.4. The van der Waals surface area contributed by atoms with Crippen LogP contribution in [0.4, 0.5) is 0 Å². The number of hydrogen-bond acceptors (Lipinski definition) is 4. The fraction of sp³-hybridized carbons (Fsp3) is 0.400. The molecule has 0 aromatic heterocycles. The van der Waals surface area contributed by atoms with Gasteiger partial charge in [-0.25, -0.2) is 0 Å². The second kappa shape index (κ2) is 13.8. The quantitative estimate of drug-likeness (QED) is 0.480. The Hall–Kier alpha value is -0.360. The van der Waals surface area contributed by atoms with Gasteiger partial charge < -0.3 is 10.6 Å². The van der Waals surface area contributed by atoms with Gasteiger partial charge in [-0.1, -0.05) is 82.3 Å². The third kappa shape index (κ3) is 7.34. The largest absolute Gasteiger partial charge is 0.316 e. The Balaban J connectivity index is 0.00000312. The minimum atomic E-state index is 0. The fourth-order valence-electron chi connectivity index (χ4n) is 2.56. The molecule has 6 heteroatoms. The van der Waals surface area contributed by atoms with Crippen molar-refractivity contribution in [1.29, 1.82) is 0 Å². The third-order valence-corrected chi connectivity index (χ3v) is 7.80. The van der Waals surface area contributed by atoms with Crippen LogP contribution in [0.15, 0.2) is 60.7 Å². The van der Waals surface area contributed by atoms with Gasteiger partial charge in [0.15, 0.2) is 0 Å². The summed E-state index contributed by atoms with van der Waals surface area (Å²) in [6, 6.07) is 22.4. The second-order valence-corrected chi connectivity index (χ2v) is 8.57. The lowest BCUT2D eigenvalue weighted by Crippen LogP contribution is -2.28. The lowest BCUT2D eigenvalue weighted by Gasteiger charge is -2.28. The van der Waals surface area contributed by atoms with Gasteiger partial charge in [-0.15, -0.1) is 24.8 Å². The molecule has 0 aliphatic carbocycles. The lowest BCUT2D eigenvalue weighted by atomic mass is 10.1. The number of halogens is 2. The molecule has 0 aliphatic rings. The Morgan fingerprint density at radius 1 is 0.615 bits per heavy atom. The van der Waals surface area contributed by atoms with Crippen molar-refractivity contribution in [3.05, 3.63) is 71.8 Å². The van der Waals surface area contributed by atoms with Crippen LogP contribution in [-0.2, 0) is 0 Å². The monoisotopic (exact) mass is 432 g/mol. The molecular formula is C20H30Cl2N2S2. The molecule has 4 atom stereocenters. The highest BCUT2D eigenvalue weighted by molar-refractivity contribution is 8.76. The van der Waals surface area contributed by atoms with E-state index in [2.05, 4.69) is 85.1 Å². The molecule has 0 heterocycles. The van der Waals surface area contributed by atoms with Gasteiger partial charge in [0.1, 0.15) is 0 Å². The molecule has 26 heavy (non-hydrogen) atoms. The van der Waals surface area contributed by atoms with Gasteiger partial charge in [-0.2, -0.15) is 0 Å². The van der Waals surface area contributed by atoms with E-state index < -0.39 is 0 Å². The first-order chi connectivity index (χ1) is 11.7. The van der Waals surface area contributed by atoms with Gasteiger partial charge in [0.05, 0.1) is 10.5 Å². The Labute approximate surface area is 178 Å². The molecule has 2 aromatic carbocycles. The Morgan fingerprint density at radius 2 is 0.923 bits per heavy atom. The van der Waals surface area contributed by atoms with Crippen LogP contribution < -0.4 is 10.6 Å². The summed E-state index contributed by atoms with van der Waals surface area (Å²) in [5.74, 6) is 0. The van der Waals surface area contributed by atoms with E-state index in [-0.39, 0.29) is 24.8 Å². The third-order valence-electron chi connectivity index (χ3n) is 4.34. The van der Waals surface area contributed by atoms with E-state index >= 15 is 0 Å². The summed E-state index contributed by atoms with van der Waals surface area (Å²) in [5.41, 5.74) is 2.75. The molecule has 0 saturated carbocycles. The number of nitrogens with one attached hydrogen (secondary N) is 2. The zero-order valence-electron chi connectivity index (χ0n) is 15.7. The van der Waals surface area contributed by atoms with Gasteiger partial charge in [0.25, 0.3) is 0 Å². The molecule has 0 radical (unpaired) electrons. The number of likely N-dealkylation sites (N-methyl/N-ethyl adjacent to an activating group) is 2. The van der Waals surface area contributed by atoms with Crippen LogP contribution in [0.25, 0.3) is 0 Å². The van der Waals surface area contributed by atoms with Crippen molar-refractivity contribution in [3.8, 4) is 0 Å². The van der Waals surface area contributed by atoms with Crippen LogP contribution in [0.1, 0.15) is 35.5 Å². The molecule has 0 amide bonds. The minimum Gasteiger partial charge on any atom is -0.316 e. The molecule has 0 spiro atoms. The van der Waals surface area contributed by atoms with E-state index in [1.165, 1.54) is 11.1 Å². The van der Waals surface area contributed by atoms with Crippen molar-refractivity contribution < 1.29 is 0 Å². The van der Waals surface area contributed by atoms with Crippen LogP contribution in [0.3, 0.4) is 0 Å². The van der Waals surface area contributed by atoms with E-state index in [0.29, 0.717) is 22.6 Å². The molecule has 146 valence electrons. The highest BCUT2D eigenvalue weighted by atomic mass is 35.5. The first-order valence-electron chi connectivity index (χ1n) is 8.44. The topological polar surface area (TPSA) is 24.1 Å². The van der Waals surface area contributed by atoms with E-state index in [4.69, 9.17) is 0 Å². The van der Waals surface area contributed by atoms with Crippen LogP contribution in [0.2, 0.25) is 0 Å². The van der Waals surface area contributed by atoms with Crippen molar-refractivity contribution in [2.45, 2.75) is 36.4 Å². The van der Waals surface area contributed by atoms with E-state index in [9.17, 15) is 0 Å². The number of benzene rings is 2. The summed E-state index contributed by atoms with van der Waals surface area (Å²) in [6.07, 6.45) is 0. The fourth-order valence-corrected chi connectivity index (χ4v) is 6.33. The Kier molecular flexibility index (Phi) is 13.6. The molecule has 2 nitrogen and oxygen atoms in total. The predicted octanol–water partition coefficient (Wildman–Crippen LogP) is 5.91. The standard InChI is InChI=1S/C20H28N2S2.2ClH/c1-15(21-3)19(17-11-7-5-8-12-17)23-24-20(16(2)22-4)18-13-9-6-10-14-18;;/h5-16,19-22H,1-4H3;2*1H. The van der Waals surface area contributed by atoms with Gasteiger partial charge in [-0.3, -0.25) is 0 Å². The van der Waals surface area contributed by atoms with Gasteiger partial charge >= 0.3 is 0 Å². The number of hydrogen-bond donors (Lipinski definition) is 2. The smallest absolute Gasteiger partial charge is 0.0551 e. The Bertz CT molecular complexity index is 533. The van der Waals surface area contributed by atoms with E-state index in [0.717, 1.165) is 0 Å². The van der Waals surface area contributed by atoms with Crippen LogP contribution in [0.5, 0.6) is 0 Å². The maximum Gasteiger partial charge on any atom is 0.0551 e. The minimum absolute atomic E-state index is 0. The Morgan fingerprint density at radius 3 is 1.19 bits per heavy atom. The molecule has 0 bridgehead atoms. The lowest BCUT2D eigenvalue weighted by molar-refractivity contribution is 0.596. The van der Waals surface area contributed by atoms with Crippen molar-refractivity contribution in [3.63, 3.8) is 0 Å². The van der Waals surface area contributed by atoms with E-state index in [1.807, 2.05) is 35.7 Å². The van der Waals surface area contributed by atoms with Crippen molar-refractivity contribution in [1.82, 2.24) is 10.6 Å². The van der Waals surface area contributed by atoms with Crippen LogP contribution >= 0.6 is 46.4 Å². The molecule has 0 saturated heterocycles. The first-order valence-corrected chi connectivity index (χ1v) is 10.7. The maximum absolute atomic E-state index is 3.42. The van der Waals surface area contributed by atoms with Crippen molar-refractivity contribution >= 4 is 46.4 Å². The van der Waals surface area contributed by atoms with E-state index in [1.54, 1.807) is 0 Å². The molecule has 2 N–H and O–H groups in total. The molecule has 0 aliphatic heterocycles. The van der Waals surface area contributed by atoms with Gasteiger partial charge in [-0.05, 0) is 39.1 Å². The molecular weight excluding hydrogens is 403 g/mol. The first kappa shape index (κ1) is 25.6. The highest BCUT2D eigenvalue weighted by Gasteiger charge is 2.24. The zero-order valence-corrected chi connectivity index (χ0v) is 19.0. The van der Waals surface area contributed by atoms with Gasteiger partial charge in [0.2, 0.25) is 0 Å². The molecule has 2 aromatic rings. The predicted molar refractivity (Wildman–Crippen MR) is 125 cm³/mol. The summed E-state index contributed by atoms with van der Waals surface area (Å²) in [4.78, 5) is 0. The van der Waals surface area contributed by atoms with Crippen molar-refractivity contribution in [2.75, 3.05) is 14.1 Å². The average molecular weight is 434 g/mol. The summed E-state index contributed by atoms with van der Waals surface area (Å²) in [5, 5.41) is 7.67. The van der Waals surface area contributed by atoms with Crippen molar-refractivity contribution in [2.24, 2.45) is 0 Å². The maximum atomic E-state index is 3.42. The van der Waals surface area contributed by atoms with Crippen LogP contribution in [0, 0.1) is 0 Å². The summed E-state index contributed by atoms with van der Waals surface area (Å²) >= 11 is 0. The average Bonchev–Trinajstić information content (AvgIpc) is 2.65. The normalized spacial score (nSPS) is 15.1. The SMILES string of the molecule is CNC(C)C(SSC(c1ccccc1)C(C)NC)c1ccccc1.Cl.Cl. The summed E-state index contributed by atoms with van der Waals surface area (Å²) < 4.78 is 0. The molecule has 0 fully saturated rings. The molecule has 2 rings (SSSR count).